The number of anilines is 2. The van der Waals surface area contributed by atoms with Crippen molar-refractivity contribution in [2.45, 2.75) is 52.3 Å². The van der Waals surface area contributed by atoms with Gasteiger partial charge in [0.05, 0.1) is 25.1 Å². The van der Waals surface area contributed by atoms with Gasteiger partial charge in [0, 0.05) is 25.7 Å². The van der Waals surface area contributed by atoms with Crippen molar-refractivity contribution in [2.75, 3.05) is 31.2 Å². The summed E-state index contributed by atoms with van der Waals surface area (Å²) in [6.45, 7) is 9.09. The Kier molecular flexibility index (Phi) is 6.62. The maximum atomic E-state index is 5.90. The number of nitrogens with one attached hydrogen (secondary N) is 1. The maximum absolute atomic E-state index is 5.90. The molecule has 152 valence electrons. The second-order valence-electron chi connectivity index (χ2n) is 7.77. The molecular weight excluding hydrogens is 352 g/mol. The number of hydrogen-bond acceptors (Lipinski definition) is 6. The van der Waals surface area contributed by atoms with Crippen molar-refractivity contribution in [1.29, 1.82) is 0 Å². The lowest BCUT2D eigenvalue weighted by atomic mass is 10.0. The molecule has 2 aromatic rings. The van der Waals surface area contributed by atoms with Crippen LogP contribution >= 0.6 is 0 Å². The van der Waals surface area contributed by atoms with Gasteiger partial charge in [0.15, 0.2) is 11.5 Å². The lowest BCUT2D eigenvalue weighted by molar-refractivity contribution is 0.209. The number of nitrogens with two attached hydrogens (primary N) is 1. The van der Waals surface area contributed by atoms with Crippen LogP contribution in [0.4, 0.5) is 11.5 Å². The zero-order chi connectivity index (χ0) is 20.1. The van der Waals surface area contributed by atoms with Gasteiger partial charge in [-0.15, -0.1) is 0 Å². The molecule has 1 aromatic heterocycles. The maximum Gasteiger partial charge on any atom is 0.161 e. The fourth-order valence-electron chi connectivity index (χ4n) is 3.56. The number of methoxy groups -OCH3 is 1. The van der Waals surface area contributed by atoms with E-state index in [4.69, 9.17) is 15.2 Å². The number of nitrogens with zero attached hydrogens (tertiary/aromatic N) is 2. The molecule has 0 saturated carbocycles. The van der Waals surface area contributed by atoms with Gasteiger partial charge in [0.2, 0.25) is 0 Å². The molecule has 1 aliphatic rings. The van der Waals surface area contributed by atoms with Crippen molar-refractivity contribution in [3.63, 3.8) is 0 Å². The van der Waals surface area contributed by atoms with Crippen LogP contribution < -0.4 is 20.5 Å². The minimum absolute atomic E-state index is 0.123. The fourth-order valence-corrected chi connectivity index (χ4v) is 3.56. The van der Waals surface area contributed by atoms with Gasteiger partial charge < -0.3 is 20.5 Å². The average Bonchev–Trinajstić information content (AvgIpc) is 2.66. The largest absolute Gasteiger partial charge is 0.493 e. The van der Waals surface area contributed by atoms with Crippen molar-refractivity contribution in [1.82, 2.24) is 9.88 Å². The number of hydrogen-bond donors (Lipinski definition) is 2. The summed E-state index contributed by atoms with van der Waals surface area (Å²) in [6.07, 6.45) is 4.16. The second kappa shape index (κ2) is 9.15. The molecule has 0 spiro atoms. The molecule has 3 rings (SSSR count). The van der Waals surface area contributed by atoms with E-state index in [1.54, 1.807) is 7.11 Å². The highest BCUT2D eigenvalue weighted by molar-refractivity contribution is 5.51. The summed E-state index contributed by atoms with van der Waals surface area (Å²) < 4.78 is 11.3. The first kappa shape index (κ1) is 20.3. The summed E-state index contributed by atoms with van der Waals surface area (Å²) in [6, 6.07) is 8.77. The number of aromatic nitrogens is 1. The highest BCUT2D eigenvalue weighted by Gasteiger charge is 2.20. The molecule has 3 N–H and O–H groups in total. The summed E-state index contributed by atoms with van der Waals surface area (Å²) >= 11 is 0. The molecule has 1 aromatic carbocycles. The molecule has 0 unspecified atom stereocenters. The van der Waals surface area contributed by atoms with E-state index in [1.807, 2.05) is 33.0 Å². The minimum atomic E-state index is 0.123. The fraction of sp³-hybridized carbons (Fsp3) is 0.500. The molecule has 6 heteroatoms. The summed E-state index contributed by atoms with van der Waals surface area (Å²) in [5, 5.41) is 3.60. The summed E-state index contributed by atoms with van der Waals surface area (Å²) in [5.74, 6) is 2.20. The van der Waals surface area contributed by atoms with Gasteiger partial charge in [0.1, 0.15) is 5.82 Å². The lowest BCUT2D eigenvalue weighted by Gasteiger charge is -2.33. The van der Waals surface area contributed by atoms with E-state index in [1.165, 1.54) is 5.56 Å². The number of ether oxygens (including phenoxy) is 2. The molecule has 0 atom stereocenters. The Balaban J connectivity index is 1.54. The average molecular weight is 385 g/mol. The Labute approximate surface area is 168 Å². The topological polar surface area (TPSA) is 72.6 Å². The quantitative estimate of drug-likeness (QED) is 0.756. The standard InChI is InChI=1S/C22H32N4O2/c1-15(2)28-21-12-17(5-6-20(21)27-4)14-26-9-7-18(8-10-26)25-19-11-16(3)22(23)24-13-19/h5-6,11-13,15,18,25H,7-10,14H2,1-4H3,(H2,23,24). The monoisotopic (exact) mass is 384 g/mol. The molecule has 0 bridgehead atoms. The van der Waals surface area contributed by atoms with E-state index in [0.717, 1.165) is 55.2 Å². The molecular formula is C22H32N4O2. The lowest BCUT2D eigenvalue weighted by Crippen LogP contribution is -2.38. The number of nitrogen functional groups attached to an aromatic ring is 1. The van der Waals surface area contributed by atoms with E-state index < -0.39 is 0 Å². The zero-order valence-corrected chi connectivity index (χ0v) is 17.4. The number of aryl methyl sites for hydroxylation is 1. The Morgan fingerprint density at radius 3 is 2.61 bits per heavy atom. The van der Waals surface area contributed by atoms with Crippen molar-refractivity contribution in [3.05, 3.63) is 41.6 Å². The predicted molar refractivity (Wildman–Crippen MR) is 114 cm³/mol. The first-order valence-corrected chi connectivity index (χ1v) is 9.99. The number of piperidine rings is 1. The molecule has 0 radical (unpaired) electrons. The molecule has 28 heavy (non-hydrogen) atoms. The molecule has 2 heterocycles. The third-order valence-corrected chi connectivity index (χ3v) is 5.07. The Hall–Kier alpha value is -2.47. The van der Waals surface area contributed by atoms with Crippen LogP contribution in [0.15, 0.2) is 30.5 Å². The first-order chi connectivity index (χ1) is 13.4. The zero-order valence-electron chi connectivity index (χ0n) is 17.4. The van der Waals surface area contributed by atoms with Crippen molar-refractivity contribution < 1.29 is 9.47 Å². The number of likely N-dealkylation sites (tertiary alicyclic amines) is 1. The highest BCUT2D eigenvalue weighted by atomic mass is 16.5. The van der Waals surface area contributed by atoms with Gasteiger partial charge in [0.25, 0.3) is 0 Å². The molecule has 1 aliphatic heterocycles. The van der Waals surface area contributed by atoms with Crippen LogP contribution in [0.25, 0.3) is 0 Å². The summed E-state index contributed by atoms with van der Waals surface area (Å²) in [4.78, 5) is 6.73. The van der Waals surface area contributed by atoms with Crippen LogP contribution in [-0.4, -0.2) is 42.2 Å². The van der Waals surface area contributed by atoms with E-state index in [9.17, 15) is 0 Å². The van der Waals surface area contributed by atoms with Gasteiger partial charge >= 0.3 is 0 Å². The van der Waals surface area contributed by atoms with Crippen LogP contribution in [0.3, 0.4) is 0 Å². The van der Waals surface area contributed by atoms with Crippen LogP contribution in [0.1, 0.15) is 37.8 Å². The van der Waals surface area contributed by atoms with Crippen molar-refractivity contribution in [3.8, 4) is 11.5 Å². The third kappa shape index (κ3) is 5.29. The van der Waals surface area contributed by atoms with E-state index in [2.05, 4.69) is 33.4 Å². The van der Waals surface area contributed by atoms with E-state index in [-0.39, 0.29) is 6.10 Å². The highest BCUT2D eigenvalue weighted by Crippen LogP contribution is 2.30. The molecule has 1 fully saturated rings. The number of rotatable bonds is 7. The third-order valence-electron chi connectivity index (χ3n) is 5.07. The second-order valence-corrected chi connectivity index (χ2v) is 7.77. The normalized spacial score (nSPS) is 15.6. The van der Waals surface area contributed by atoms with Crippen LogP contribution in [-0.2, 0) is 6.54 Å². The molecule has 1 saturated heterocycles. The van der Waals surface area contributed by atoms with Gasteiger partial charge in [-0.2, -0.15) is 0 Å². The molecule has 6 nitrogen and oxygen atoms in total. The molecule has 0 aliphatic carbocycles. The SMILES string of the molecule is COc1ccc(CN2CCC(Nc3cnc(N)c(C)c3)CC2)cc1OC(C)C. The van der Waals surface area contributed by atoms with E-state index in [0.29, 0.717) is 11.9 Å². The summed E-state index contributed by atoms with van der Waals surface area (Å²) in [7, 11) is 1.68. The number of benzene rings is 1. The van der Waals surface area contributed by atoms with Crippen LogP contribution in [0, 0.1) is 6.92 Å². The van der Waals surface area contributed by atoms with Crippen molar-refractivity contribution >= 4 is 11.5 Å². The summed E-state index contributed by atoms with van der Waals surface area (Å²) in [5.41, 5.74) is 9.12. The minimum Gasteiger partial charge on any atom is -0.493 e. The van der Waals surface area contributed by atoms with Crippen LogP contribution in [0.2, 0.25) is 0 Å². The Bertz CT molecular complexity index is 786. The van der Waals surface area contributed by atoms with Gasteiger partial charge in [-0.25, -0.2) is 4.98 Å². The Morgan fingerprint density at radius 2 is 1.96 bits per heavy atom. The Morgan fingerprint density at radius 1 is 1.21 bits per heavy atom. The van der Waals surface area contributed by atoms with Crippen molar-refractivity contribution in [2.24, 2.45) is 0 Å². The van der Waals surface area contributed by atoms with E-state index >= 15 is 0 Å². The van der Waals surface area contributed by atoms with Gasteiger partial charge in [-0.3, -0.25) is 4.90 Å². The molecule has 0 amide bonds. The van der Waals surface area contributed by atoms with Gasteiger partial charge in [-0.05, 0) is 62.9 Å². The van der Waals surface area contributed by atoms with Crippen LogP contribution in [0.5, 0.6) is 11.5 Å². The first-order valence-electron chi connectivity index (χ1n) is 9.99. The smallest absolute Gasteiger partial charge is 0.161 e. The predicted octanol–water partition coefficient (Wildman–Crippen LogP) is 3.84. The van der Waals surface area contributed by atoms with Gasteiger partial charge in [-0.1, -0.05) is 6.07 Å². The number of pyridine rings is 1.